The minimum Gasteiger partial charge on any atom is -0.276 e. The zero-order chi connectivity index (χ0) is 11.6. The predicted molar refractivity (Wildman–Crippen MR) is 71.9 cm³/mol. The summed E-state index contributed by atoms with van der Waals surface area (Å²) in [5.74, 6) is 0. The molecule has 0 aromatic heterocycles. The monoisotopic (exact) mass is 262 g/mol. The molecule has 5 heteroatoms. The van der Waals surface area contributed by atoms with Gasteiger partial charge in [-0.25, -0.2) is 9.34 Å². The molecule has 2 rings (SSSR count). The first-order valence-electron chi connectivity index (χ1n) is 6.42. The molecule has 2 aliphatic rings. The Balaban J connectivity index is 2.13. The Kier molecular flexibility index (Phi) is 4.39. The molecule has 0 unspecified atom stereocenters. The number of rotatable bonds is 4. The average Bonchev–Trinajstić information content (AvgIpc) is 2.91. The number of hydrogen-bond donors (Lipinski definition) is 0. The molecule has 2 fully saturated rings. The van der Waals surface area contributed by atoms with E-state index in [4.69, 9.17) is 0 Å². The fourth-order valence-corrected chi connectivity index (χ4v) is 8.67. The molecule has 0 radical (unpaired) electrons. The van der Waals surface area contributed by atoms with E-state index in [0.29, 0.717) is 5.25 Å². The average molecular weight is 262 g/mol. The van der Waals surface area contributed by atoms with E-state index in [2.05, 4.69) is 23.2 Å². The van der Waals surface area contributed by atoms with E-state index in [1.165, 1.54) is 25.7 Å². The molecule has 0 atom stereocenters. The summed E-state index contributed by atoms with van der Waals surface area (Å²) in [5, 5.41) is 0.451. The lowest BCUT2D eigenvalue weighted by atomic mass is 10.4. The molecule has 3 nitrogen and oxygen atoms in total. The smallest absolute Gasteiger partial charge is 0.271 e. The van der Waals surface area contributed by atoms with E-state index in [1.807, 2.05) is 0 Å². The van der Waals surface area contributed by atoms with Gasteiger partial charge in [0, 0.05) is 31.4 Å². The van der Waals surface area contributed by atoms with Crippen molar-refractivity contribution in [3.8, 4) is 0 Å². The van der Waals surface area contributed by atoms with Gasteiger partial charge < -0.3 is 0 Å². The molecular formula is C11H23N2OPS. The van der Waals surface area contributed by atoms with Crippen molar-refractivity contribution in [3.63, 3.8) is 0 Å². The predicted octanol–water partition coefficient (Wildman–Crippen LogP) is 3.43. The summed E-state index contributed by atoms with van der Waals surface area (Å²) >= 11 is 1.70. The van der Waals surface area contributed by atoms with E-state index in [-0.39, 0.29) is 0 Å². The van der Waals surface area contributed by atoms with E-state index >= 15 is 0 Å². The summed E-state index contributed by atoms with van der Waals surface area (Å²) in [6, 6.07) is 0. The SMILES string of the molecule is CC(C)SP(=O)(N1CCCC1)N1CCCC1. The first-order valence-corrected chi connectivity index (χ1v) is 9.52. The molecule has 94 valence electrons. The van der Waals surface area contributed by atoms with Gasteiger partial charge in [0.1, 0.15) is 0 Å². The maximum absolute atomic E-state index is 13.2. The van der Waals surface area contributed by atoms with Crippen LogP contribution in [0.25, 0.3) is 0 Å². The van der Waals surface area contributed by atoms with Crippen LogP contribution < -0.4 is 0 Å². The largest absolute Gasteiger partial charge is 0.276 e. The summed E-state index contributed by atoms with van der Waals surface area (Å²) < 4.78 is 17.8. The highest BCUT2D eigenvalue weighted by Crippen LogP contribution is 2.67. The first-order chi connectivity index (χ1) is 7.63. The number of nitrogens with zero attached hydrogens (tertiary/aromatic N) is 2. The highest BCUT2D eigenvalue weighted by molar-refractivity contribution is 8.56. The van der Waals surface area contributed by atoms with Crippen molar-refractivity contribution >= 4 is 18.0 Å². The zero-order valence-corrected chi connectivity index (χ0v) is 12.1. The van der Waals surface area contributed by atoms with Gasteiger partial charge in [-0.05, 0) is 25.7 Å². The molecule has 2 saturated heterocycles. The lowest BCUT2D eigenvalue weighted by Crippen LogP contribution is -2.27. The van der Waals surface area contributed by atoms with Crippen LogP contribution in [0.2, 0.25) is 0 Å². The van der Waals surface area contributed by atoms with Crippen LogP contribution in [0.1, 0.15) is 39.5 Å². The topological polar surface area (TPSA) is 23.6 Å². The van der Waals surface area contributed by atoms with Crippen molar-refractivity contribution in [2.75, 3.05) is 26.2 Å². The summed E-state index contributed by atoms with van der Waals surface area (Å²) in [4.78, 5) is 0. The maximum Gasteiger partial charge on any atom is 0.271 e. The van der Waals surface area contributed by atoms with Gasteiger partial charge in [0.2, 0.25) is 0 Å². The Morgan fingerprint density at radius 1 is 0.938 bits per heavy atom. The van der Waals surface area contributed by atoms with Crippen LogP contribution in [0.3, 0.4) is 0 Å². The molecule has 0 spiro atoms. The Labute approximate surface area is 103 Å². The Morgan fingerprint density at radius 3 is 1.62 bits per heavy atom. The highest BCUT2D eigenvalue weighted by Gasteiger charge is 2.40. The third-order valence-corrected chi connectivity index (χ3v) is 9.63. The lowest BCUT2D eigenvalue weighted by Gasteiger charge is -2.35. The standard InChI is InChI=1S/C11H23N2OPS/c1-11(2)16-15(14,12-7-3-4-8-12)13-9-5-6-10-13/h11H,3-10H2,1-2H3. The van der Waals surface area contributed by atoms with Crippen molar-refractivity contribution in [2.24, 2.45) is 0 Å². The van der Waals surface area contributed by atoms with Crippen LogP contribution in [-0.4, -0.2) is 40.8 Å². The second-order valence-corrected chi connectivity index (χ2v) is 10.3. The lowest BCUT2D eigenvalue weighted by molar-refractivity contribution is 0.411. The maximum atomic E-state index is 13.2. The Morgan fingerprint density at radius 2 is 1.31 bits per heavy atom. The van der Waals surface area contributed by atoms with Crippen LogP contribution in [0, 0.1) is 0 Å². The van der Waals surface area contributed by atoms with Gasteiger partial charge in [0.05, 0.1) is 0 Å². The second kappa shape index (κ2) is 5.43. The van der Waals surface area contributed by atoms with E-state index in [0.717, 1.165) is 26.2 Å². The van der Waals surface area contributed by atoms with Gasteiger partial charge in [-0.3, -0.25) is 4.57 Å². The molecule has 0 saturated carbocycles. The van der Waals surface area contributed by atoms with E-state index in [9.17, 15) is 4.57 Å². The van der Waals surface area contributed by atoms with Crippen LogP contribution >= 0.6 is 18.0 Å². The molecule has 2 aliphatic heterocycles. The summed E-state index contributed by atoms with van der Waals surface area (Å²) in [6.07, 6.45) is 4.87. The minimum atomic E-state index is -2.29. The zero-order valence-electron chi connectivity index (χ0n) is 10.4. The van der Waals surface area contributed by atoms with Gasteiger partial charge in [0.15, 0.2) is 0 Å². The van der Waals surface area contributed by atoms with Crippen LogP contribution in [0.15, 0.2) is 0 Å². The fraction of sp³-hybridized carbons (Fsp3) is 1.00. The highest BCUT2D eigenvalue weighted by atomic mass is 32.7. The fourth-order valence-electron chi connectivity index (χ4n) is 2.49. The summed E-state index contributed by atoms with van der Waals surface area (Å²) in [5.41, 5.74) is 0. The van der Waals surface area contributed by atoms with Crippen molar-refractivity contribution in [1.82, 2.24) is 9.34 Å². The van der Waals surface area contributed by atoms with Gasteiger partial charge in [0.25, 0.3) is 6.65 Å². The molecule has 2 heterocycles. The van der Waals surface area contributed by atoms with Crippen LogP contribution in [-0.2, 0) is 4.57 Å². The summed E-state index contributed by atoms with van der Waals surface area (Å²) in [7, 11) is 0. The van der Waals surface area contributed by atoms with Crippen molar-refractivity contribution < 1.29 is 4.57 Å². The molecule has 0 aromatic rings. The molecule has 0 bridgehead atoms. The van der Waals surface area contributed by atoms with Gasteiger partial charge in [-0.1, -0.05) is 25.2 Å². The van der Waals surface area contributed by atoms with Crippen molar-refractivity contribution in [3.05, 3.63) is 0 Å². The van der Waals surface area contributed by atoms with Crippen LogP contribution in [0.4, 0.5) is 0 Å². The minimum absolute atomic E-state index is 0.451. The Hall–Kier alpha value is 0.500. The van der Waals surface area contributed by atoms with Gasteiger partial charge >= 0.3 is 0 Å². The van der Waals surface area contributed by atoms with Crippen molar-refractivity contribution in [1.29, 1.82) is 0 Å². The quantitative estimate of drug-likeness (QED) is 0.724. The van der Waals surface area contributed by atoms with E-state index < -0.39 is 6.65 Å². The molecule has 0 N–H and O–H groups in total. The second-order valence-electron chi connectivity index (χ2n) is 4.97. The van der Waals surface area contributed by atoms with Gasteiger partial charge in [-0.15, -0.1) is 0 Å². The van der Waals surface area contributed by atoms with Gasteiger partial charge in [-0.2, -0.15) is 0 Å². The molecule has 0 aromatic carbocycles. The van der Waals surface area contributed by atoms with Crippen LogP contribution in [0.5, 0.6) is 0 Å². The first kappa shape index (κ1) is 12.9. The number of hydrogen-bond acceptors (Lipinski definition) is 2. The summed E-state index contributed by atoms with van der Waals surface area (Å²) in [6.45, 7) is 6.17. The molecule has 16 heavy (non-hydrogen) atoms. The third kappa shape index (κ3) is 2.66. The van der Waals surface area contributed by atoms with Crippen molar-refractivity contribution in [2.45, 2.75) is 44.8 Å². The Bertz CT molecular complexity index is 253. The van der Waals surface area contributed by atoms with E-state index in [1.54, 1.807) is 11.4 Å². The molecular weight excluding hydrogens is 239 g/mol. The molecule has 0 amide bonds. The molecule has 0 aliphatic carbocycles. The third-order valence-electron chi connectivity index (χ3n) is 3.23. The normalized spacial score (nSPS) is 24.7.